The number of nitrogens with two attached hydrogens (primary N) is 1. The molecule has 6 heteroatoms. The van der Waals surface area contributed by atoms with Crippen molar-refractivity contribution in [1.82, 2.24) is 10.3 Å². The molecule has 20 heavy (non-hydrogen) atoms. The Balaban J connectivity index is 1.92. The first-order valence-electron chi connectivity index (χ1n) is 6.62. The van der Waals surface area contributed by atoms with Gasteiger partial charge in [-0.15, -0.1) is 0 Å². The van der Waals surface area contributed by atoms with Gasteiger partial charge in [0.15, 0.2) is 0 Å². The molecule has 108 valence electrons. The van der Waals surface area contributed by atoms with Crippen LogP contribution in [0.5, 0.6) is 0 Å². The summed E-state index contributed by atoms with van der Waals surface area (Å²) in [6, 6.07) is 3.34. The van der Waals surface area contributed by atoms with Crippen LogP contribution in [0.4, 0.5) is 0 Å². The zero-order valence-corrected chi connectivity index (χ0v) is 12.3. The summed E-state index contributed by atoms with van der Waals surface area (Å²) in [6.07, 6.45) is 3.44. The van der Waals surface area contributed by atoms with Crippen molar-refractivity contribution in [3.05, 3.63) is 29.6 Å². The molecule has 1 aromatic rings. The fourth-order valence-corrected chi connectivity index (χ4v) is 2.22. The summed E-state index contributed by atoms with van der Waals surface area (Å²) in [5.41, 5.74) is 6.63. The van der Waals surface area contributed by atoms with Crippen LogP contribution in [0, 0.1) is 5.41 Å². The molecule has 0 spiro atoms. The van der Waals surface area contributed by atoms with Gasteiger partial charge in [0.05, 0.1) is 0 Å². The van der Waals surface area contributed by atoms with E-state index >= 15 is 0 Å². The number of hydrogen-bond donors (Lipinski definition) is 2. The second-order valence-electron chi connectivity index (χ2n) is 5.40. The van der Waals surface area contributed by atoms with E-state index in [1.54, 1.807) is 12.1 Å². The molecule has 0 aromatic carbocycles. The smallest absolute Gasteiger partial charge is 0.269 e. The Morgan fingerprint density at radius 1 is 1.50 bits per heavy atom. The van der Waals surface area contributed by atoms with Crippen molar-refractivity contribution in [3.63, 3.8) is 0 Å². The first-order chi connectivity index (χ1) is 9.50. The number of pyridine rings is 1. The number of amides is 1. The lowest BCUT2D eigenvalue weighted by Gasteiger charge is -2.33. The molecule has 0 saturated carbocycles. The molecule has 1 saturated heterocycles. The molecule has 0 bridgehead atoms. The molecule has 2 rings (SSSR count). The number of carbonyl (C=O) groups is 1. The molecule has 0 aliphatic carbocycles. The number of nitrogens with zero attached hydrogens (tertiary/aromatic N) is 1. The summed E-state index contributed by atoms with van der Waals surface area (Å²) in [5.74, 6) is -0.174. The lowest BCUT2D eigenvalue weighted by atomic mass is 9.82. The SMILES string of the molecule is CC1(CNC(=O)c2ccc(C(N)=S)cn2)CCOCC1. The van der Waals surface area contributed by atoms with E-state index in [0.29, 0.717) is 17.8 Å². The van der Waals surface area contributed by atoms with Gasteiger partial charge >= 0.3 is 0 Å². The molecular formula is C14H19N3O2S. The molecule has 1 fully saturated rings. The number of ether oxygens (including phenoxy) is 1. The third-order valence-corrected chi connectivity index (χ3v) is 3.89. The van der Waals surface area contributed by atoms with Crippen molar-refractivity contribution < 1.29 is 9.53 Å². The van der Waals surface area contributed by atoms with Crippen molar-refractivity contribution in [2.45, 2.75) is 19.8 Å². The number of thiocarbonyl (C=S) groups is 1. The standard InChI is InChI=1S/C14H19N3O2S/c1-14(4-6-19-7-5-14)9-17-13(18)11-3-2-10(8-16-11)12(15)20/h2-3,8H,4-7,9H2,1H3,(H2,15,20)(H,17,18). The quantitative estimate of drug-likeness (QED) is 0.817. The van der Waals surface area contributed by atoms with Gasteiger partial charge < -0.3 is 15.8 Å². The molecule has 1 aliphatic heterocycles. The van der Waals surface area contributed by atoms with Gasteiger partial charge in [0.1, 0.15) is 10.7 Å². The van der Waals surface area contributed by atoms with Crippen LogP contribution in [-0.4, -0.2) is 35.6 Å². The Morgan fingerprint density at radius 2 is 2.20 bits per heavy atom. The topological polar surface area (TPSA) is 77.2 Å². The fraction of sp³-hybridized carbons (Fsp3) is 0.500. The zero-order chi connectivity index (χ0) is 14.6. The lowest BCUT2D eigenvalue weighted by molar-refractivity contribution is 0.0238. The molecule has 0 atom stereocenters. The van der Waals surface area contributed by atoms with Gasteiger partial charge in [0.2, 0.25) is 0 Å². The summed E-state index contributed by atoms with van der Waals surface area (Å²) in [6.45, 7) is 4.31. The van der Waals surface area contributed by atoms with E-state index in [1.807, 2.05) is 0 Å². The van der Waals surface area contributed by atoms with Gasteiger partial charge in [-0.2, -0.15) is 0 Å². The second-order valence-corrected chi connectivity index (χ2v) is 5.84. The highest BCUT2D eigenvalue weighted by Crippen LogP contribution is 2.28. The van der Waals surface area contributed by atoms with Crippen molar-refractivity contribution in [1.29, 1.82) is 0 Å². The van der Waals surface area contributed by atoms with Crippen molar-refractivity contribution in [3.8, 4) is 0 Å². The van der Waals surface area contributed by atoms with E-state index < -0.39 is 0 Å². The minimum atomic E-state index is -0.174. The maximum atomic E-state index is 12.0. The van der Waals surface area contributed by atoms with Gasteiger partial charge in [-0.1, -0.05) is 19.1 Å². The van der Waals surface area contributed by atoms with Gasteiger partial charge in [0, 0.05) is 31.5 Å². The van der Waals surface area contributed by atoms with Gasteiger partial charge in [-0.3, -0.25) is 9.78 Å². The van der Waals surface area contributed by atoms with Crippen molar-refractivity contribution >= 4 is 23.1 Å². The highest BCUT2D eigenvalue weighted by Gasteiger charge is 2.27. The number of nitrogens with one attached hydrogen (secondary N) is 1. The molecule has 1 amide bonds. The number of hydrogen-bond acceptors (Lipinski definition) is 4. The van der Waals surface area contributed by atoms with Crippen LogP contribution >= 0.6 is 12.2 Å². The van der Waals surface area contributed by atoms with Crippen molar-refractivity contribution in [2.24, 2.45) is 11.1 Å². The largest absolute Gasteiger partial charge is 0.389 e. The average Bonchev–Trinajstić information content (AvgIpc) is 2.46. The minimum Gasteiger partial charge on any atom is -0.389 e. The van der Waals surface area contributed by atoms with E-state index in [1.165, 1.54) is 6.20 Å². The number of rotatable bonds is 4. The fourth-order valence-electron chi connectivity index (χ4n) is 2.10. The van der Waals surface area contributed by atoms with E-state index in [4.69, 9.17) is 22.7 Å². The molecule has 0 unspecified atom stereocenters. The van der Waals surface area contributed by atoms with Crippen LogP contribution in [0.1, 0.15) is 35.8 Å². The summed E-state index contributed by atoms with van der Waals surface area (Å²) >= 11 is 4.85. The van der Waals surface area contributed by atoms with Gasteiger partial charge in [-0.05, 0) is 30.4 Å². The molecule has 1 aromatic heterocycles. The van der Waals surface area contributed by atoms with Crippen LogP contribution in [0.3, 0.4) is 0 Å². The maximum Gasteiger partial charge on any atom is 0.269 e. The van der Waals surface area contributed by atoms with E-state index in [-0.39, 0.29) is 16.3 Å². The lowest BCUT2D eigenvalue weighted by Crippen LogP contribution is -2.39. The molecular weight excluding hydrogens is 274 g/mol. The predicted octanol–water partition coefficient (Wildman–Crippen LogP) is 1.26. The van der Waals surface area contributed by atoms with Crippen molar-refractivity contribution in [2.75, 3.05) is 19.8 Å². The first kappa shape index (κ1) is 14.9. The summed E-state index contributed by atoms with van der Waals surface area (Å²) in [4.78, 5) is 16.4. The molecule has 2 heterocycles. The Hall–Kier alpha value is -1.53. The molecule has 5 nitrogen and oxygen atoms in total. The summed E-state index contributed by atoms with van der Waals surface area (Å²) < 4.78 is 5.34. The highest BCUT2D eigenvalue weighted by molar-refractivity contribution is 7.80. The minimum absolute atomic E-state index is 0.104. The third-order valence-electron chi connectivity index (χ3n) is 3.66. The average molecular weight is 293 g/mol. The molecule has 0 radical (unpaired) electrons. The summed E-state index contributed by atoms with van der Waals surface area (Å²) in [5, 5.41) is 2.94. The van der Waals surface area contributed by atoms with Gasteiger partial charge in [0.25, 0.3) is 5.91 Å². The van der Waals surface area contributed by atoms with Crippen LogP contribution < -0.4 is 11.1 Å². The highest BCUT2D eigenvalue weighted by atomic mass is 32.1. The monoisotopic (exact) mass is 293 g/mol. The summed E-state index contributed by atoms with van der Waals surface area (Å²) in [7, 11) is 0. The van der Waals surface area contributed by atoms with Crippen LogP contribution in [0.15, 0.2) is 18.3 Å². The Bertz CT molecular complexity index is 496. The Morgan fingerprint density at radius 3 is 2.75 bits per heavy atom. The van der Waals surface area contributed by atoms with E-state index in [2.05, 4.69) is 17.2 Å². The number of carbonyl (C=O) groups excluding carboxylic acids is 1. The maximum absolute atomic E-state index is 12.0. The van der Waals surface area contributed by atoms with Crippen LogP contribution in [-0.2, 0) is 4.74 Å². The van der Waals surface area contributed by atoms with Gasteiger partial charge in [-0.25, -0.2) is 0 Å². The van der Waals surface area contributed by atoms with E-state index in [9.17, 15) is 4.79 Å². The molecule has 1 aliphatic rings. The third kappa shape index (κ3) is 3.74. The normalized spacial score (nSPS) is 17.4. The first-order valence-corrected chi connectivity index (χ1v) is 7.03. The zero-order valence-electron chi connectivity index (χ0n) is 11.5. The second kappa shape index (κ2) is 6.28. The Kier molecular flexibility index (Phi) is 4.67. The predicted molar refractivity (Wildman–Crippen MR) is 80.6 cm³/mol. The van der Waals surface area contributed by atoms with Crippen LogP contribution in [0.2, 0.25) is 0 Å². The number of aromatic nitrogens is 1. The Labute approximate surface area is 123 Å². The molecule has 3 N–H and O–H groups in total. The van der Waals surface area contributed by atoms with E-state index in [0.717, 1.165) is 26.1 Å². The van der Waals surface area contributed by atoms with Crippen LogP contribution in [0.25, 0.3) is 0 Å².